The highest BCUT2D eigenvalue weighted by atomic mass is 35.5. The molecule has 0 aliphatic rings. The van der Waals surface area contributed by atoms with Gasteiger partial charge in [0.25, 0.3) is 5.91 Å². The summed E-state index contributed by atoms with van der Waals surface area (Å²) in [6.45, 7) is 0. The minimum atomic E-state index is -0.200. The summed E-state index contributed by atoms with van der Waals surface area (Å²) in [7, 11) is 1.54. The molecule has 1 aromatic heterocycles. The van der Waals surface area contributed by atoms with Gasteiger partial charge in [-0.2, -0.15) is 0 Å². The third-order valence-electron chi connectivity index (χ3n) is 2.07. The molecule has 0 spiro atoms. The van der Waals surface area contributed by atoms with Crippen molar-refractivity contribution in [1.82, 2.24) is 4.98 Å². The lowest BCUT2D eigenvalue weighted by Gasteiger charge is -2.06. The highest BCUT2D eigenvalue weighted by molar-refractivity contribution is 7.11. The number of carbonyl (C=O) groups excluding carboxylic acids is 1. The fraction of sp³-hybridized carbons (Fsp3) is 0.0909. The molecule has 88 valence electrons. The van der Waals surface area contributed by atoms with Gasteiger partial charge in [0.05, 0.1) is 23.8 Å². The third kappa shape index (κ3) is 2.75. The largest absolute Gasteiger partial charge is 0.495 e. The minimum Gasteiger partial charge on any atom is -0.495 e. The van der Waals surface area contributed by atoms with Gasteiger partial charge in [0.2, 0.25) is 0 Å². The molecule has 2 rings (SSSR count). The normalized spacial score (nSPS) is 10.0. The van der Waals surface area contributed by atoms with Crippen LogP contribution in [0, 0.1) is 0 Å². The van der Waals surface area contributed by atoms with E-state index in [2.05, 4.69) is 10.3 Å². The van der Waals surface area contributed by atoms with E-state index in [1.54, 1.807) is 23.7 Å². The number of hydrogen-bond donors (Lipinski definition) is 1. The number of thiazole rings is 1. The maximum absolute atomic E-state index is 11.7. The first kappa shape index (κ1) is 11.9. The van der Waals surface area contributed by atoms with Crippen molar-refractivity contribution in [2.24, 2.45) is 0 Å². The van der Waals surface area contributed by atoms with Crippen molar-refractivity contribution >= 4 is 34.5 Å². The Balaban J connectivity index is 2.14. The Hall–Kier alpha value is -1.59. The van der Waals surface area contributed by atoms with Crippen LogP contribution in [-0.4, -0.2) is 18.0 Å². The Kier molecular flexibility index (Phi) is 3.61. The smallest absolute Gasteiger partial charge is 0.267 e. The molecule has 1 amide bonds. The molecular weight excluding hydrogens is 260 g/mol. The topological polar surface area (TPSA) is 51.2 Å². The second kappa shape index (κ2) is 5.16. The number of hydrogen-bond acceptors (Lipinski definition) is 4. The fourth-order valence-electron chi connectivity index (χ4n) is 1.26. The molecule has 1 N–H and O–H groups in total. The molecule has 0 aliphatic carbocycles. The summed E-state index contributed by atoms with van der Waals surface area (Å²) < 4.78 is 5.02. The predicted molar refractivity (Wildman–Crippen MR) is 68.1 cm³/mol. The molecule has 17 heavy (non-hydrogen) atoms. The van der Waals surface area contributed by atoms with E-state index in [9.17, 15) is 4.79 Å². The molecule has 0 atom stereocenters. The second-order valence-electron chi connectivity index (χ2n) is 3.17. The van der Waals surface area contributed by atoms with Crippen molar-refractivity contribution in [2.45, 2.75) is 0 Å². The van der Waals surface area contributed by atoms with Crippen LogP contribution in [0.15, 0.2) is 29.9 Å². The SMILES string of the molecule is COc1ccc(NC(=O)c2cncs2)cc1Cl. The number of nitrogens with zero attached hydrogens (tertiary/aromatic N) is 1. The maximum Gasteiger partial charge on any atom is 0.267 e. The first-order valence-corrected chi connectivity index (χ1v) is 6.00. The molecule has 6 heteroatoms. The summed E-state index contributed by atoms with van der Waals surface area (Å²) in [4.78, 5) is 16.1. The summed E-state index contributed by atoms with van der Waals surface area (Å²) in [5.74, 6) is 0.371. The number of aromatic nitrogens is 1. The van der Waals surface area contributed by atoms with Crippen molar-refractivity contribution in [3.8, 4) is 5.75 Å². The number of ether oxygens (including phenoxy) is 1. The first-order chi connectivity index (χ1) is 8.20. The monoisotopic (exact) mass is 268 g/mol. The molecule has 0 unspecified atom stereocenters. The lowest BCUT2D eigenvalue weighted by atomic mass is 10.3. The van der Waals surface area contributed by atoms with Crippen molar-refractivity contribution < 1.29 is 9.53 Å². The average molecular weight is 269 g/mol. The Morgan fingerprint density at radius 1 is 1.53 bits per heavy atom. The molecule has 0 fully saturated rings. The van der Waals surface area contributed by atoms with Gasteiger partial charge in [0.15, 0.2) is 0 Å². The number of rotatable bonds is 3. The molecule has 0 aliphatic heterocycles. The van der Waals surface area contributed by atoms with Gasteiger partial charge in [0.1, 0.15) is 10.6 Å². The van der Waals surface area contributed by atoms with Crippen molar-refractivity contribution in [2.75, 3.05) is 12.4 Å². The van der Waals surface area contributed by atoms with Gasteiger partial charge in [0, 0.05) is 5.69 Å². The number of amides is 1. The zero-order chi connectivity index (χ0) is 12.3. The van der Waals surface area contributed by atoms with Crippen LogP contribution >= 0.6 is 22.9 Å². The van der Waals surface area contributed by atoms with Crippen LogP contribution in [0.3, 0.4) is 0 Å². The Morgan fingerprint density at radius 3 is 2.94 bits per heavy atom. The van der Waals surface area contributed by atoms with E-state index in [-0.39, 0.29) is 5.91 Å². The number of anilines is 1. The van der Waals surface area contributed by atoms with Crippen molar-refractivity contribution in [3.05, 3.63) is 39.8 Å². The van der Waals surface area contributed by atoms with E-state index in [1.807, 2.05) is 0 Å². The molecule has 0 saturated carbocycles. The van der Waals surface area contributed by atoms with Gasteiger partial charge >= 0.3 is 0 Å². The Morgan fingerprint density at radius 2 is 2.35 bits per heavy atom. The molecule has 0 bridgehead atoms. The molecule has 0 saturated heterocycles. The molecule has 1 heterocycles. The second-order valence-corrected chi connectivity index (χ2v) is 4.46. The summed E-state index contributed by atoms with van der Waals surface area (Å²) in [6.07, 6.45) is 1.52. The quantitative estimate of drug-likeness (QED) is 0.931. The number of halogens is 1. The predicted octanol–water partition coefficient (Wildman–Crippen LogP) is 3.06. The van der Waals surface area contributed by atoms with Crippen LogP contribution in [0.25, 0.3) is 0 Å². The lowest BCUT2D eigenvalue weighted by Crippen LogP contribution is -2.10. The molecule has 1 aromatic carbocycles. The van der Waals surface area contributed by atoms with Gasteiger partial charge in [-0.25, -0.2) is 0 Å². The molecule has 4 nitrogen and oxygen atoms in total. The zero-order valence-electron chi connectivity index (χ0n) is 8.94. The summed E-state index contributed by atoms with van der Waals surface area (Å²) in [6, 6.07) is 5.06. The standard InChI is InChI=1S/C11H9ClN2O2S/c1-16-9-3-2-7(4-8(9)12)14-11(15)10-5-13-6-17-10/h2-6H,1H3,(H,14,15). The van der Waals surface area contributed by atoms with E-state index in [4.69, 9.17) is 16.3 Å². The van der Waals surface area contributed by atoms with Crippen LogP contribution in [0.1, 0.15) is 9.67 Å². The van der Waals surface area contributed by atoms with Crippen molar-refractivity contribution in [1.29, 1.82) is 0 Å². The highest BCUT2D eigenvalue weighted by Crippen LogP contribution is 2.27. The van der Waals surface area contributed by atoms with Crippen molar-refractivity contribution in [3.63, 3.8) is 0 Å². The minimum absolute atomic E-state index is 0.200. The van der Waals surface area contributed by atoms with Gasteiger partial charge in [-0.05, 0) is 18.2 Å². The number of benzene rings is 1. The van der Waals surface area contributed by atoms with Crippen LogP contribution in [-0.2, 0) is 0 Å². The Labute approximate surface area is 107 Å². The van der Waals surface area contributed by atoms with Gasteiger partial charge < -0.3 is 10.1 Å². The third-order valence-corrected chi connectivity index (χ3v) is 3.13. The fourth-order valence-corrected chi connectivity index (χ4v) is 2.04. The van der Waals surface area contributed by atoms with E-state index >= 15 is 0 Å². The molecule has 0 radical (unpaired) electrons. The van der Waals surface area contributed by atoms with Gasteiger partial charge in [-0.1, -0.05) is 11.6 Å². The highest BCUT2D eigenvalue weighted by Gasteiger charge is 2.09. The average Bonchev–Trinajstić information content (AvgIpc) is 2.82. The van der Waals surface area contributed by atoms with E-state index in [0.717, 1.165) is 0 Å². The lowest BCUT2D eigenvalue weighted by molar-refractivity contribution is 0.103. The van der Waals surface area contributed by atoms with E-state index in [1.165, 1.54) is 24.6 Å². The van der Waals surface area contributed by atoms with E-state index < -0.39 is 0 Å². The van der Waals surface area contributed by atoms with E-state index in [0.29, 0.717) is 21.3 Å². The summed E-state index contributed by atoms with van der Waals surface area (Å²) in [5.41, 5.74) is 2.23. The van der Waals surface area contributed by atoms with Crippen LogP contribution in [0.2, 0.25) is 5.02 Å². The van der Waals surface area contributed by atoms with Gasteiger partial charge in [-0.15, -0.1) is 11.3 Å². The molecular formula is C11H9ClN2O2S. The first-order valence-electron chi connectivity index (χ1n) is 4.74. The summed E-state index contributed by atoms with van der Waals surface area (Å²) >= 11 is 7.23. The number of carbonyl (C=O) groups is 1. The molecule has 2 aromatic rings. The maximum atomic E-state index is 11.7. The van der Waals surface area contributed by atoms with Crippen LogP contribution in [0.4, 0.5) is 5.69 Å². The van der Waals surface area contributed by atoms with Crippen LogP contribution in [0.5, 0.6) is 5.75 Å². The number of nitrogens with one attached hydrogen (secondary N) is 1. The number of methoxy groups -OCH3 is 1. The van der Waals surface area contributed by atoms with Gasteiger partial charge in [-0.3, -0.25) is 9.78 Å². The van der Waals surface area contributed by atoms with Crippen LogP contribution < -0.4 is 10.1 Å². The summed E-state index contributed by atoms with van der Waals surface area (Å²) in [5, 5.41) is 3.18. The zero-order valence-corrected chi connectivity index (χ0v) is 10.5. The Bertz CT molecular complexity index is 528.